The minimum atomic E-state index is -0.0428. The van der Waals surface area contributed by atoms with Crippen LogP contribution in [0.15, 0.2) is 11.6 Å². The summed E-state index contributed by atoms with van der Waals surface area (Å²) in [6.45, 7) is 17.6. The predicted octanol–water partition coefficient (Wildman–Crippen LogP) is 7.88. The quantitative estimate of drug-likeness (QED) is 0.454. The first-order valence-corrected chi connectivity index (χ1v) is 13.5. The van der Waals surface area contributed by atoms with Crippen LogP contribution in [0.4, 0.5) is 0 Å². The minimum Gasteiger partial charge on any atom is -0.393 e. The van der Waals surface area contributed by atoms with E-state index in [1.807, 2.05) is 5.57 Å². The molecule has 4 rings (SSSR count). The Bertz CT molecular complexity index is 649. The van der Waals surface area contributed by atoms with E-state index in [-0.39, 0.29) is 6.10 Å². The molecule has 172 valence electrons. The van der Waals surface area contributed by atoms with Crippen molar-refractivity contribution >= 4 is 0 Å². The van der Waals surface area contributed by atoms with E-state index in [2.05, 4.69) is 54.5 Å². The van der Waals surface area contributed by atoms with E-state index in [0.717, 1.165) is 54.3 Å². The Morgan fingerprint density at radius 3 is 2.30 bits per heavy atom. The molecule has 0 bridgehead atoms. The zero-order valence-electron chi connectivity index (χ0n) is 21.1. The van der Waals surface area contributed by atoms with Crippen LogP contribution in [0.1, 0.15) is 106 Å². The second-order valence-electron chi connectivity index (χ2n) is 13.2. The van der Waals surface area contributed by atoms with Crippen LogP contribution in [-0.4, -0.2) is 11.2 Å². The highest BCUT2D eigenvalue weighted by Gasteiger charge is 2.58. The molecule has 3 saturated carbocycles. The summed E-state index contributed by atoms with van der Waals surface area (Å²) in [6, 6.07) is 0. The molecule has 0 radical (unpaired) electrons. The highest BCUT2D eigenvalue weighted by atomic mass is 16.3. The lowest BCUT2D eigenvalue weighted by atomic mass is 9.47. The van der Waals surface area contributed by atoms with Crippen LogP contribution in [0.25, 0.3) is 0 Å². The molecule has 1 N–H and O–H groups in total. The van der Waals surface area contributed by atoms with Crippen molar-refractivity contribution in [3.05, 3.63) is 11.6 Å². The average Bonchev–Trinajstić information content (AvgIpc) is 3.05. The molecule has 0 aromatic heterocycles. The van der Waals surface area contributed by atoms with Crippen LogP contribution >= 0.6 is 0 Å². The first kappa shape index (κ1) is 22.9. The second-order valence-corrected chi connectivity index (χ2v) is 13.2. The van der Waals surface area contributed by atoms with E-state index in [9.17, 15) is 5.11 Å². The maximum Gasteiger partial charge on any atom is 0.0543 e. The lowest BCUT2D eigenvalue weighted by Gasteiger charge is -2.57. The zero-order valence-corrected chi connectivity index (χ0v) is 21.1. The zero-order chi connectivity index (χ0) is 21.8. The third kappa shape index (κ3) is 3.64. The molecule has 0 aliphatic heterocycles. The molecule has 0 saturated heterocycles. The largest absolute Gasteiger partial charge is 0.393 e. The van der Waals surface area contributed by atoms with E-state index in [1.165, 1.54) is 44.9 Å². The fraction of sp³-hybridized carbons (Fsp3) is 0.931. The van der Waals surface area contributed by atoms with Gasteiger partial charge in [-0.05, 0) is 116 Å². The van der Waals surface area contributed by atoms with Gasteiger partial charge in [0.05, 0.1) is 6.10 Å². The van der Waals surface area contributed by atoms with Gasteiger partial charge in [-0.2, -0.15) is 0 Å². The number of rotatable bonds is 5. The average molecular weight is 415 g/mol. The first-order chi connectivity index (χ1) is 14.1. The molecule has 10 unspecified atom stereocenters. The Morgan fingerprint density at radius 2 is 1.60 bits per heavy atom. The predicted molar refractivity (Wildman–Crippen MR) is 128 cm³/mol. The minimum absolute atomic E-state index is 0.0428. The Morgan fingerprint density at radius 1 is 0.933 bits per heavy atom. The number of aliphatic hydroxyl groups excluding tert-OH is 1. The van der Waals surface area contributed by atoms with Crippen LogP contribution < -0.4 is 0 Å². The lowest BCUT2D eigenvalue weighted by Crippen LogP contribution is -2.50. The van der Waals surface area contributed by atoms with E-state index >= 15 is 0 Å². The topological polar surface area (TPSA) is 20.2 Å². The van der Waals surface area contributed by atoms with Crippen LogP contribution in [0, 0.1) is 58.2 Å². The lowest BCUT2D eigenvalue weighted by molar-refractivity contribution is -0.0432. The molecule has 3 fully saturated rings. The Hall–Kier alpha value is -0.300. The molecular formula is C29H50O. The molecule has 0 aromatic rings. The van der Waals surface area contributed by atoms with Crippen LogP contribution in [-0.2, 0) is 0 Å². The van der Waals surface area contributed by atoms with Crippen LogP contribution in [0.2, 0.25) is 0 Å². The third-order valence-corrected chi connectivity index (χ3v) is 11.5. The molecule has 4 aliphatic carbocycles. The molecule has 0 aromatic carbocycles. The van der Waals surface area contributed by atoms with Crippen molar-refractivity contribution in [1.82, 2.24) is 0 Å². The Labute approximate surface area is 187 Å². The van der Waals surface area contributed by atoms with Gasteiger partial charge in [0.1, 0.15) is 0 Å². The van der Waals surface area contributed by atoms with Gasteiger partial charge in [-0.1, -0.05) is 60.1 Å². The molecule has 0 heterocycles. The van der Waals surface area contributed by atoms with Gasteiger partial charge in [-0.25, -0.2) is 0 Å². The fourth-order valence-electron chi connectivity index (χ4n) is 9.09. The van der Waals surface area contributed by atoms with Crippen molar-refractivity contribution in [2.75, 3.05) is 0 Å². The molecule has 10 atom stereocenters. The summed E-state index contributed by atoms with van der Waals surface area (Å²) in [5.41, 5.74) is 2.85. The summed E-state index contributed by atoms with van der Waals surface area (Å²) in [4.78, 5) is 0. The SMILES string of the molecule is CC(C)C(C)C(C)CC(C)C1CCC2C3=CCC4CC(O)CCC4(C)C3CCC21C. The molecule has 0 spiro atoms. The van der Waals surface area contributed by atoms with Crippen molar-refractivity contribution in [3.8, 4) is 0 Å². The highest BCUT2D eigenvalue weighted by molar-refractivity contribution is 5.27. The summed E-state index contributed by atoms with van der Waals surface area (Å²) >= 11 is 0. The maximum absolute atomic E-state index is 10.3. The molecule has 0 amide bonds. The summed E-state index contributed by atoms with van der Waals surface area (Å²) in [5.74, 6) is 6.57. The number of hydrogen-bond acceptors (Lipinski definition) is 1. The molecule has 1 nitrogen and oxygen atoms in total. The first-order valence-electron chi connectivity index (χ1n) is 13.5. The standard InChI is InChI=1S/C29H50O/c1-18(2)21(5)19(3)16-20(4)25-10-11-26-24-9-8-22-17-23(30)12-14-28(22,6)27(24)13-15-29(25,26)7/h9,18-23,25-27,30H,8,10-17H2,1-7H3. The van der Waals surface area contributed by atoms with Crippen molar-refractivity contribution < 1.29 is 5.11 Å². The van der Waals surface area contributed by atoms with Crippen molar-refractivity contribution in [2.45, 2.75) is 112 Å². The van der Waals surface area contributed by atoms with Gasteiger partial charge >= 0.3 is 0 Å². The highest BCUT2D eigenvalue weighted by Crippen LogP contribution is 2.67. The van der Waals surface area contributed by atoms with E-state index in [4.69, 9.17) is 0 Å². The molecular weight excluding hydrogens is 364 g/mol. The van der Waals surface area contributed by atoms with Gasteiger partial charge in [0.25, 0.3) is 0 Å². The van der Waals surface area contributed by atoms with Gasteiger partial charge in [0.2, 0.25) is 0 Å². The number of aliphatic hydroxyl groups is 1. The van der Waals surface area contributed by atoms with Crippen molar-refractivity contribution in [3.63, 3.8) is 0 Å². The normalized spacial score (nSPS) is 46.4. The van der Waals surface area contributed by atoms with Crippen LogP contribution in [0.3, 0.4) is 0 Å². The Kier molecular flexibility index (Phi) is 6.28. The molecule has 30 heavy (non-hydrogen) atoms. The number of fused-ring (bicyclic) bond motifs is 5. The smallest absolute Gasteiger partial charge is 0.0543 e. The Balaban J connectivity index is 1.51. The summed E-state index contributed by atoms with van der Waals surface area (Å²) in [7, 11) is 0. The molecule has 1 heteroatoms. The van der Waals surface area contributed by atoms with E-state index in [1.54, 1.807) is 0 Å². The summed E-state index contributed by atoms with van der Waals surface area (Å²) < 4.78 is 0. The van der Waals surface area contributed by atoms with E-state index in [0.29, 0.717) is 16.7 Å². The van der Waals surface area contributed by atoms with Gasteiger partial charge in [0, 0.05) is 0 Å². The number of allylic oxidation sites excluding steroid dienone is 2. The van der Waals surface area contributed by atoms with Gasteiger partial charge < -0.3 is 5.11 Å². The van der Waals surface area contributed by atoms with Gasteiger partial charge in [-0.15, -0.1) is 0 Å². The van der Waals surface area contributed by atoms with Gasteiger partial charge in [0.15, 0.2) is 0 Å². The van der Waals surface area contributed by atoms with Crippen LogP contribution in [0.5, 0.6) is 0 Å². The number of hydrogen-bond donors (Lipinski definition) is 1. The van der Waals surface area contributed by atoms with Gasteiger partial charge in [-0.3, -0.25) is 0 Å². The van der Waals surface area contributed by atoms with Crippen molar-refractivity contribution in [2.24, 2.45) is 58.2 Å². The maximum atomic E-state index is 10.3. The monoisotopic (exact) mass is 414 g/mol. The second kappa shape index (κ2) is 8.24. The summed E-state index contributed by atoms with van der Waals surface area (Å²) in [6.07, 6.45) is 14.3. The molecule has 4 aliphatic rings. The third-order valence-electron chi connectivity index (χ3n) is 11.5. The van der Waals surface area contributed by atoms with E-state index < -0.39 is 0 Å². The van der Waals surface area contributed by atoms with Crippen molar-refractivity contribution in [1.29, 1.82) is 0 Å². The summed E-state index contributed by atoms with van der Waals surface area (Å²) in [5, 5.41) is 10.3. The fourth-order valence-corrected chi connectivity index (χ4v) is 9.09.